The van der Waals surface area contributed by atoms with Crippen molar-refractivity contribution in [3.05, 3.63) is 72.6 Å². The van der Waals surface area contributed by atoms with E-state index in [1.54, 1.807) is 30.3 Å². The molecule has 0 heterocycles. The number of nitrogens with zero attached hydrogens (tertiary/aromatic N) is 1. The lowest BCUT2D eigenvalue weighted by atomic mass is 10.1. The minimum atomic E-state index is -1.06. The Hall–Kier alpha value is -3.48. The van der Waals surface area contributed by atoms with Crippen LogP contribution in [0.1, 0.15) is 12.5 Å². The summed E-state index contributed by atoms with van der Waals surface area (Å²) in [5.74, 6) is -2.31. The van der Waals surface area contributed by atoms with Crippen molar-refractivity contribution in [3.63, 3.8) is 0 Å². The summed E-state index contributed by atoms with van der Waals surface area (Å²) >= 11 is 0. The van der Waals surface area contributed by atoms with Gasteiger partial charge in [0.05, 0.1) is 11.9 Å². The largest absolute Gasteiger partial charge is 0.489 e. The molecule has 2 N–H and O–H groups in total. The summed E-state index contributed by atoms with van der Waals surface area (Å²) in [6.45, 7) is 5.33. The van der Waals surface area contributed by atoms with Gasteiger partial charge in [-0.25, -0.2) is 9.82 Å². The number of amides is 2. The fraction of sp³-hybridized carbons (Fsp3) is 0.150. The SMILES string of the molecule is C=CCOc1ccccc1C=NNC(=O)C(C)C(=O)Nc1ccccc1F. The van der Waals surface area contributed by atoms with Crippen LogP contribution >= 0.6 is 0 Å². The number of benzene rings is 2. The predicted molar refractivity (Wildman–Crippen MR) is 102 cm³/mol. The van der Waals surface area contributed by atoms with Gasteiger partial charge in [0.15, 0.2) is 0 Å². The number of hydrogen-bond donors (Lipinski definition) is 2. The summed E-state index contributed by atoms with van der Waals surface area (Å²) < 4.78 is 19.1. The number of anilines is 1. The molecule has 0 spiro atoms. The molecule has 0 aliphatic carbocycles. The molecule has 0 aliphatic heterocycles. The fourth-order valence-electron chi connectivity index (χ4n) is 2.05. The molecular formula is C20H20FN3O3. The second kappa shape index (κ2) is 9.86. The molecule has 0 radical (unpaired) electrons. The van der Waals surface area contributed by atoms with E-state index in [9.17, 15) is 14.0 Å². The Morgan fingerprint density at radius 2 is 1.89 bits per heavy atom. The first-order valence-electron chi connectivity index (χ1n) is 8.24. The fourth-order valence-corrected chi connectivity index (χ4v) is 2.05. The molecule has 0 bridgehead atoms. The quantitative estimate of drug-likeness (QED) is 0.325. The van der Waals surface area contributed by atoms with E-state index in [0.717, 1.165) is 0 Å². The number of nitrogens with one attached hydrogen (secondary N) is 2. The van der Waals surface area contributed by atoms with E-state index in [1.807, 2.05) is 6.07 Å². The third kappa shape index (κ3) is 5.78. The Bertz CT molecular complexity index is 852. The first-order valence-corrected chi connectivity index (χ1v) is 8.24. The lowest BCUT2D eigenvalue weighted by molar-refractivity contribution is -0.131. The van der Waals surface area contributed by atoms with Gasteiger partial charge >= 0.3 is 0 Å². The van der Waals surface area contributed by atoms with Crippen molar-refractivity contribution in [2.24, 2.45) is 11.0 Å². The van der Waals surface area contributed by atoms with Crippen LogP contribution in [0.2, 0.25) is 0 Å². The predicted octanol–water partition coefficient (Wildman–Crippen LogP) is 3.12. The highest BCUT2D eigenvalue weighted by Gasteiger charge is 2.22. The van der Waals surface area contributed by atoms with Crippen molar-refractivity contribution in [2.45, 2.75) is 6.92 Å². The van der Waals surface area contributed by atoms with Crippen LogP contribution in [0.5, 0.6) is 5.75 Å². The Balaban J connectivity index is 1.95. The second-order valence-corrected chi connectivity index (χ2v) is 5.56. The maximum atomic E-state index is 13.6. The van der Waals surface area contributed by atoms with Gasteiger partial charge in [-0.15, -0.1) is 0 Å². The normalized spacial score (nSPS) is 11.6. The lowest BCUT2D eigenvalue weighted by Gasteiger charge is -2.11. The first kappa shape index (κ1) is 19.8. The Kier molecular flexibility index (Phi) is 7.25. The molecule has 0 fully saturated rings. The van der Waals surface area contributed by atoms with Crippen LogP contribution in [-0.4, -0.2) is 24.6 Å². The number of hydrazone groups is 1. The van der Waals surface area contributed by atoms with E-state index >= 15 is 0 Å². The van der Waals surface area contributed by atoms with E-state index in [1.165, 1.54) is 31.3 Å². The van der Waals surface area contributed by atoms with Crippen molar-refractivity contribution in [1.82, 2.24) is 5.43 Å². The minimum absolute atomic E-state index is 0.0129. The molecule has 27 heavy (non-hydrogen) atoms. The topological polar surface area (TPSA) is 79.8 Å². The van der Waals surface area contributed by atoms with Gasteiger partial charge in [-0.3, -0.25) is 9.59 Å². The average Bonchev–Trinajstić information content (AvgIpc) is 2.68. The minimum Gasteiger partial charge on any atom is -0.489 e. The van der Waals surface area contributed by atoms with Gasteiger partial charge in [0, 0.05) is 5.56 Å². The van der Waals surface area contributed by atoms with Crippen molar-refractivity contribution in [2.75, 3.05) is 11.9 Å². The molecule has 0 aromatic heterocycles. The second-order valence-electron chi connectivity index (χ2n) is 5.56. The van der Waals surface area contributed by atoms with Crippen molar-refractivity contribution >= 4 is 23.7 Å². The van der Waals surface area contributed by atoms with Crippen LogP contribution in [0.4, 0.5) is 10.1 Å². The van der Waals surface area contributed by atoms with E-state index in [4.69, 9.17) is 4.74 Å². The Morgan fingerprint density at radius 3 is 2.63 bits per heavy atom. The molecule has 140 valence electrons. The molecule has 7 heteroatoms. The molecule has 0 saturated heterocycles. The molecule has 1 unspecified atom stereocenters. The number of para-hydroxylation sites is 2. The first-order chi connectivity index (χ1) is 13.0. The van der Waals surface area contributed by atoms with E-state index in [-0.39, 0.29) is 5.69 Å². The molecule has 0 aliphatic rings. The smallest absolute Gasteiger partial charge is 0.252 e. The lowest BCUT2D eigenvalue weighted by Crippen LogP contribution is -2.34. The highest BCUT2D eigenvalue weighted by molar-refractivity contribution is 6.06. The number of carbonyl (C=O) groups excluding carboxylic acids is 2. The maximum Gasteiger partial charge on any atom is 0.252 e. The monoisotopic (exact) mass is 369 g/mol. The molecule has 2 aromatic carbocycles. The molecule has 2 rings (SSSR count). The molecule has 0 saturated carbocycles. The van der Waals surface area contributed by atoms with Crippen LogP contribution < -0.4 is 15.5 Å². The number of ether oxygens (including phenoxy) is 1. The van der Waals surface area contributed by atoms with Crippen molar-refractivity contribution in [3.8, 4) is 5.75 Å². The van der Waals surface area contributed by atoms with E-state index in [0.29, 0.717) is 17.9 Å². The van der Waals surface area contributed by atoms with Gasteiger partial charge < -0.3 is 10.1 Å². The molecule has 1 atom stereocenters. The summed E-state index contributed by atoms with van der Waals surface area (Å²) in [7, 11) is 0. The standard InChI is InChI=1S/C20H20FN3O3/c1-3-12-27-18-11-7-4-8-15(18)13-22-24-20(26)14(2)19(25)23-17-10-6-5-9-16(17)21/h3-11,13-14H,1,12H2,2H3,(H,23,25)(H,24,26). The molecule has 6 nitrogen and oxygen atoms in total. The third-order valence-electron chi connectivity index (χ3n) is 3.57. The van der Waals surface area contributed by atoms with Gasteiger partial charge in [0.2, 0.25) is 5.91 Å². The molecular weight excluding hydrogens is 349 g/mol. The van der Waals surface area contributed by atoms with Crippen LogP contribution in [0.15, 0.2) is 66.3 Å². The zero-order valence-electron chi connectivity index (χ0n) is 14.8. The van der Waals surface area contributed by atoms with Crippen LogP contribution in [0.3, 0.4) is 0 Å². The number of halogens is 1. The van der Waals surface area contributed by atoms with E-state index < -0.39 is 23.5 Å². The Morgan fingerprint density at radius 1 is 1.19 bits per heavy atom. The van der Waals surface area contributed by atoms with Gasteiger partial charge in [-0.1, -0.05) is 36.9 Å². The highest BCUT2D eigenvalue weighted by atomic mass is 19.1. The number of rotatable bonds is 8. The highest BCUT2D eigenvalue weighted by Crippen LogP contribution is 2.16. The summed E-state index contributed by atoms with van der Waals surface area (Å²) in [6, 6.07) is 12.9. The van der Waals surface area contributed by atoms with Crippen LogP contribution in [-0.2, 0) is 9.59 Å². The van der Waals surface area contributed by atoms with Gasteiger partial charge in [-0.2, -0.15) is 5.10 Å². The molecule has 2 aromatic rings. The number of carbonyl (C=O) groups is 2. The zero-order chi connectivity index (χ0) is 19.6. The summed E-state index contributed by atoms with van der Waals surface area (Å²) in [5, 5.41) is 6.23. The third-order valence-corrected chi connectivity index (χ3v) is 3.57. The molecule has 2 amide bonds. The van der Waals surface area contributed by atoms with Crippen molar-refractivity contribution < 1.29 is 18.7 Å². The van der Waals surface area contributed by atoms with Gasteiger partial charge in [-0.05, 0) is 31.2 Å². The van der Waals surface area contributed by atoms with Crippen LogP contribution in [0, 0.1) is 11.7 Å². The average molecular weight is 369 g/mol. The Labute approximate surface area is 156 Å². The van der Waals surface area contributed by atoms with Gasteiger partial charge in [0.1, 0.15) is 24.1 Å². The van der Waals surface area contributed by atoms with Crippen LogP contribution in [0.25, 0.3) is 0 Å². The maximum absolute atomic E-state index is 13.6. The van der Waals surface area contributed by atoms with Gasteiger partial charge in [0.25, 0.3) is 5.91 Å². The van der Waals surface area contributed by atoms with E-state index in [2.05, 4.69) is 22.4 Å². The number of hydrogen-bond acceptors (Lipinski definition) is 4. The zero-order valence-corrected chi connectivity index (χ0v) is 14.8. The van der Waals surface area contributed by atoms with Crippen molar-refractivity contribution in [1.29, 1.82) is 0 Å². The summed E-state index contributed by atoms with van der Waals surface area (Å²) in [5.41, 5.74) is 2.96. The summed E-state index contributed by atoms with van der Waals surface area (Å²) in [6.07, 6.45) is 3.03. The summed E-state index contributed by atoms with van der Waals surface area (Å²) in [4.78, 5) is 24.2.